The number of nitrogens with one attached hydrogen (secondary N) is 1. The number of benzene rings is 2. The van der Waals surface area contributed by atoms with Gasteiger partial charge in [-0.1, -0.05) is 41.9 Å². The lowest BCUT2D eigenvalue weighted by atomic mass is 10.1. The Balaban J connectivity index is 1.56. The van der Waals surface area contributed by atoms with E-state index < -0.39 is 11.9 Å². The monoisotopic (exact) mass is 466 g/mol. The Labute approximate surface area is 195 Å². The molecule has 0 spiro atoms. The van der Waals surface area contributed by atoms with Crippen molar-refractivity contribution in [3.63, 3.8) is 0 Å². The fourth-order valence-electron chi connectivity index (χ4n) is 3.93. The van der Waals surface area contributed by atoms with E-state index in [9.17, 15) is 14.4 Å². The van der Waals surface area contributed by atoms with Crippen LogP contribution in [0.4, 0.5) is 10.5 Å². The number of primary amides is 1. The van der Waals surface area contributed by atoms with Crippen LogP contribution in [0, 0.1) is 0 Å². The molecule has 1 aromatic heterocycles. The molecule has 3 aromatic rings. The number of esters is 1. The molecule has 0 radical (unpaired) electrons. The largest absolute Gasteiger partial charge is 0.462 e. The summed E-state index contributed by atoms with van der Waals surface area (Å²) in [4.78, 5) is 38.5. The molecule has 0 unspecified atom stereocenters. The highest BCUT2D eigenvalue weighted by molar-refractivity contribution is 6.36. The van der Waals surface area contributed by atoms with E-state index in [1.54, 1.807) is 36.1 Å². The van der Waals surface area contributed by atoms with Crippen LogP contribution in [0.15, 0.2) is 54.6 Å². The summed E-state index contributed by atoms with van der Waals surface area (Å²) < 4.78 is 6.92. The first kappa shape index (κ1) is 22.4. The van der Waals surface area contributed by atoms with E-state index in [-0.39, 0.29) is 24.7 Å². The summed E-state index contributed by atoms with van der Waals surface area (Å²) in [7, 11) is 0. The minimum Gasteiger partial charge on any atom is -0.462 e. The Morgan fingerprint density at radius 3 is 2.39 bits per heavy atom. The Bertz CT molecular complexity index is 1210. The quantitative estimate of drug-likeness (QED) is 0.551. The van der Waals surface area contributed by atoms with Crippen LogP contribution in [0.25, 0.3) is 11.3 Å². The zero-order chi connectivity index (χ0) is 23.5. The van der Waals surface area contributed by atoms with Crippen molar-refractivity contribution in [1.82, 2.24) is 9.47 Å². The first-order valence-corrected chi connectivity index (χ1v) is 10.9. The number of hydrogen-bond acceptors (Lipinski definition) is 4. The molecule has 33 heavy (non-hydrogen) atoms. The average Bonchev–Trinajstić information content (AvgIpc) is 3.11. The fraction of sp³-hybridized carbons (Fsp3) is 0.208. The normalized spacial score (nSPS) is 12.7. The number of hydrogen-bond donors (Lipinski definition) is 2. The number of amides is 3. The van der Waals surface area contributed by atoms with Crippen molar-refractivity contribution in [3.05, 3.63) is 76.4 Å². The molecule has 1 aliphatic rings. The van der Waals surface area contributed by atoms with Gasteiger partial charge >= 0.3 is 12.0 Å². The lowest BCUT2D eigenvalue weighted by molar-refractivity contribution is 0.0526. The number of urea groups is 1. The molecule has 9 heteroatoms. The molecule has 0 saturated carbocycles. The summed E-state index contributed by atoms with van der Waals surface area (Å²) in [5, 5.41) is 3.11. The number of aromatic nitrogens is 1. The molecular weight excluding hydrogens is 444 g/mol. The van der Waals surface area contributed by atoms with Gasteiger partial charge < -0.3 is 25.3 Å². The van der Waals surface area contributed by atoms with Crippen molar-refractivity contribution in [1.29, 1.82) is 0 Å². The second-order valence-corrected chi connectivity index (χ2v) is 7.89. The van der Waals surface area contributed by atoms with E-state index in [4.69, 9.17) is 22.1 Å². The van der Waals surface area contributed by atoms with Crippen LogP contribution in [0.1, 0.15) is 33.3 Å². The molecule has 4 rings (SSSR count). The molecule has 0 atom stereocenters. The Hall–Kier alpha value is -3.78. The van der Waals surface area contributed by atoms with Gasteiger partial charge in [0.05, 0.1) is 40.7 Å². The minimum absolute atomic E-state index is 0.178. The van der Waals surface area contributed by atoms with Gasteiger partial charge in [0.15, 0.2) is 0 Å². The van der Waals surface area contributed by atoms with Gasteiger partial charge in [0.25, 0.3) is 5.91 Å². The maximum Gasteiger partial charge on any atom is 0.338 e. The second-order valence-electron chi connectivity index (χ2n) is 7.52. The van der Waals surface area contributed by atoms with Gasteiger partial charge in [0.2, 0.25) is 0 Å². The molecule has 3 N–H and O–H groups in total. The summed E-state index contributed by atoms with van der Waals surface area (Å²) in [6, 6.07) is 15.6. The van der Waals surface area contributed by atoms with Crippen molar-refractivity contribution in [2.45, 2.75) is 20.0 Å². The highest BCUT2D eigenvalue weighted by Crippen LogP contribution is 2.37. The van der Waals surface area contributed by atoms with Gasteiger partial charge in [-0.25, -0.2) is 9.59 Å². The molecule has 1 aliphatic heterocycles. The number of rotatable bonds is 5. The average molecular weight is 467 g/mol. The second kappa shape index (κ2) is 9.38. The van der Waals surface area contributed by atoms with Crippen molar-refractivity contribution in [3.8, 4) is 11.3 Å². The van der Waals surface area contributed by atoms with Gasteiger partial charge in [0, 0.05) is 18.8 Å². The van der Waals surface area contributed by atoms with E-state index in [2.05, 4.69) is 5.32 Å². The first-order valence-electron chi connectivity index (χ1n) is 10.5. The first-order chi connectivity index (χ1) is 15.9. The van der Waals surface area contributed by atoms with Crippen molar-refractivity contribution in [2.75, 3.05) is 18.5 Å². The van der Waals surface area contributed by atoms with Crippen LogP contribution in [-0.4, -0.2) is 40.5 Å². The molecule has 0 aliphatic carbocycles. The predicted octanol–water partition coefficient (Wildman–Crippen LogP) is 4.13. The smallest absolute Gasteiger partial charge is 0.338 e. The SMILES string of the molecule is CCOC(=O)c1ccc(NC(=O)N2CCn3c(c(C(N)=O)c(Cl)c3-c3ccccc3)C2)cc1. The third-order valence-corrected chi connectivity index (χ3v) is 5.84. The molecule has 3 amide bonds. The van der Waals surface area contributed by atoms with E-state index in [1.165, 1.54) is 0 Å². The fourth-order valence-corrected chi connectivity index (χ4v) is 4.35. The molecule has 170 valence electrons. The number of carbonyl (C=O) groups excluding carboxylic acids is 3. The number of carbonyl (C=O) groups is 3. The Morgan fingerprint density at radius 2 is 1.76 bits per heavy atom. The summed E-state index contributed by atoms with van der Waals surface area (Å²) in [5.41, 5.74) is 9.00. The summed E-state index contributed by atoms with van der Waals surface area (Å²) in [6.45, 7) is 3.08. The highest BCUT2D eigenvalue weighted by atomic mass is 35.5. The van der Waals surface area contributed by atoms with Crippen LogP contribution in [0.3, 0.4) is 0 Å². The number of nitrogens with two attached hydrogens (primary N) is 1. The van der Waals surface area contributed by atoms with Crippen LogP contribution in [0.2, 0.25) is 5.02 Å². The van der Waals surface area contributed by atoms with Gasteiger partial charge in [-0.3, -0.25) is 4.79 Å². The lowest BCUT2D eigenvalue weighted by Crippen LogP contribution is -2.41. The number of ether oxygens (including phenoxy) is 1. The number of halogens is 1. The van der Waals surface area contributed by atoms with Crippen molar-refractivity contribution >= 4 is 35.2 Å². The number of fused-ring (bicyclic) bond motifs is 1. The van der Waals surface area contributed by atoms with E-state index in [1.807, 2.05) is 34.9 Å². The van der Waals surface area contributed by atoms with Gasteiger partial charge in [-0.15, -0.1) is 0 Å². The maximum atomic E-state index is 12.9. The number of nitrogens with zero attached hydrogens (tertiary/aromatic N) is 2. The van der Waals surface area contributed by atoms with E-state index in [0.717, 1.165) is 11.3 Å². The summed E-state index contributed by atoms with van der Waals surface area (Å²) in [6.07, 6.45) is 0. The van der Waals surface area contributed by atoms with E-state index >= 15 is 0 Å². The number of anilines is 1. The molecule has 0 fully saturated rings. The third kappa shape index (κ3) is 4.42. The molecule has 8 nitrogen and oxygen atoms in total. The van der Waals surface area contributed by atoms with Crippen LogP contribution in [-0.2, 0) is 17.8 Å². The Kier molecular flexibility index (Phi) is 6.37. The van der Waals surface area contributed by atoms with Gasteiger partial charge in [-0.2, -0.15) is 0 Å². The van der Waals surface area contributed by atoms with Crippen LogP contribution in [0.5, 0.6) is 0 Å². The standard InChI is InChI=1S/C24H23ClN4O4/c1-2-33-23(31)16-8-10-17(11-9-16)27-24(32)28-12-13-29-18(14-28)19(22(26)30)20(25)21(29)15-6-4-3-5-7-15/h3-11H,2,12-14H2,1H3,(H2,26,30)(H,27,32). The Morgan fingerprint density at radius 1 is 1.06 bits per heavy atom. The van der Waals surface area contributed by atoms with E-state index in [0.29, 0.717) is 35.1 Å². The highest BCUT2D eigenvalue weighted by Gasteiger charge is 2.31. The topological polar surface area (TPSA) is 107 Å². The summed E-state index contributed by atoms with van der Waals surface area (Å²) in [5.74, 6) is -1.06. The minimum atomic E-state index is -0.636. The van der Waals surface area contributed by atoms with Crippen LogP contribution >= 0.6 is 11.6 Å². The molecule has 2 heterocycles. The third-order valence-electron chi connectivity index (χ3n) is 5.47. The zero-order valence-corrected chi connectivity index (χ0v) is 18.8. The molecular formula is C24H23ClN4O4. The summed E-state index contributed by atoms with van der Waals surface area (Å²) >= 11 is 6.59. The molecule has 0 saturated heterocycles. The van der Waals surface area contributed by atoms with Gasteiger partial charge in [-0.05, 0) is 36.8 Å². The zero-order valence-electron chi connectivity index (χ0n) is 18.0. The predicted molar refractivity (Wildman–Crippen MR) is 125 cm³/mol. The van der Waals surface area contributed by atoms with Crippen molar-refractivity contribution < 1.29 is 19.1 Å². The molecule has 0 bridgehead atoms. The van der Waals surface area contributed by atoms with Gasteiger partial charge in [0.1, 0.15) is 0 Å². The molecule has 2 aromatic carbocycles. The maximum absolute atomic E-state index is 12.9. The van der Waals surface area contributed by atoms with Crippen LogP contribution < -0.4 is 11.1 Å². The van der Waals surface area contributed by atoms with Crippen molar-refractivity contribution in [2.24, 2.45) is 5.73 Å². The lowest BCUT2D eigenvalue weighted by Gasteiger charge is -2.30.